The van der Waals surface area contributed by atoms with Crippen LogP contribution in [0.25, 0.3) is 0 Å². The van der Waals surface area contributed by atoms with Crippen molar-refractivity contribution in [1.29, 1.82) is 0 Å². The molecule has 0 saturated heterocycles. The first-order valence-corrected chi connectivity index (χ1v) is 8.52. The minimum Gasteiger partial charge on any atom is -0.468 e. The molecule has 4 nitrogen and oxygen atoms in total. The fourth-order valence-electron chi connectivity index (χ4n) is 1.30. The van der Waals surface area contributed by atoms with E-state index in [1.165, 1.54) is 7.11 Å². The second-order valence-corrected chi connectivity index (χ2v) is 7.03. The Balaban J connectivity index is 4.29. The van der Waals surface area contributed by atoms with Gasteiger partial charge in [-0.15, -0.1) is 0 Å². The summed E-state index contributed by atoms with van der Waals surface area (Å²) in [5.74, 6) is 0.745. The number of rotatable bonds is 9. The Morgan fingerprint density at radius 3 is 2.50 bits per heavy atom. The molecule has 6 heteroatoms. The Kier molecular flexibility index (Phi) is 9.63. The van der Waals surface area contributed by atoms with Gasteiger partial charge < -0.3 is 14.8 Å². The van der Waals surface area contributed by atoms with Crippen LogP contribution in [0.5, 0.6) is 0 Å². The predicted molar refractivity (Wildman–Crippen MR) is 85.7 cm³/mol. The van der Waals surface area contributed by atoms with Crippen LogP contribution in [-0.4, -0.2) is 54.3 Å². The first-order chi connectivity index (χ1) is 8.38. The highest BCUT2D eigenvalue weighted by molar-refractivity contribution is 14.1. The van der Waals surface area contributed by atoms with E-state index in [9.17, 15) is 4.79 Å². The maximum Gasteiger partial charge on any atom is 0.322 e. The van der Waals surface area contributed by atoms with Crippen LogP contribution in [0.2, 0.25) is 0 Å². The number of ether oxygens (including phenoxy) is 2. The van der Waals surface area contributed by atoms with Crippen molar-refractivity contribution in [1.82, 2.24) is 5.32 Å². The Labute approximate surface area is 128 Å². The molecular weight excluding hydrogens is 365 g/mol. The Bertz CT molecular complexity index is 251. The molecule has 0 amide bonds. The lowest BCUT2D eigenvalue weighted by atomic mass is 10.0. The summed E-state index contributed by atoms with van der Waals surface area (Å²) in [6.45, 7) is 4.80. The first-order valence-electron chi connectivity index (χ1n) is 5.88. The van der Waals surface area contributed by atoms with E-state index >= 15 is 0 Å². The van der Waals surface area contributed by atoms with Crippen LogP contribution >= 0.6 is 34.4 Å². The van der Waals surface area contributed by atoms with E-state index in [0.717, 1.165) is 18.7 Å². The van der Waals surface area contributed by atoms with E-state index in [1.54, 1.807) is 18.9 Å². The molecule has 0 aliphatic rings. The summed E-state index contributed by atoms with van der Waals surface area (Å²) in [6.07, 6.45) is 2.81. The molecule has 0 spiro atoms. The lowest BCUT2D eigenvalue weighted by molar-refractivity contribution is -0.143. The number of nitrogens with one attached hydrogen (secondary N) is 1. The molecule has 0 saturated carbocycles. The zero-order valence-corrected chi connectivity index (χ0v) is 14.8. The predicted octanol–water partition coefficient (Wildman–Crippen LogP) is 2.10. The molecule has 0 aliphatic carbocycles. The maximum atomic E-state index is 11.6. The molecule has 0 aromatic heterocycles. The Hall–Kier alpha value is 0.470. The van der Waals surface area contributed by atoms with Gasteiger partial charge in [0.25, 0.3) is 0 Å². The van der Waals surface area contributed by atoms with Crippen molar-refractivity contribution < 1.29 is 14.3 Å². The van der Waals surface area contributed by atoms with Gasteiger partial charge in [-0.05, 0) is 32.3 Å². The first kappa shape index (κ1) is 18.5. The average molecular weight is 389 g/mol. The molecule has 0 aliphatic heterocycles. The van der Waals surface area contributed by atoms with Crippen molar-refractivity contribution in [2.75, 3.05) is 32.8 Å². The molecule has 2 atom stereocenters. The number of halogens is 1. The summed E-state index contributed by atoms with van der Waals surface area (Å²) in [5.41, 5.74) is -0.215. The van der Waals surface area contributed by atoms with E-state index in [-0.39, 0.29) is 21.5 Å². The Morgan fingerprint density at radius 2 is 2.06 bits per heavy atom. The molecule has 108 valence electrons. The fraction of sp³-hybridized carbons (Fsp3) is 0.917. The molecule has 1 N–H and O–H groups in total. The molecule has 18 heavy (non-hydrogen) atoms. The number of carbonyl (C=O) groups is 1. The van der Waals surface area contributed by atoms with Crippen LogP contribution in [0.4, 0.5) is 0 Å². The largest absolute Gasteiger partial charge is 0.468 e. The smallest absolute Gasteiger partial charge is 0.322 e. The zero-order valence-electron chi connectivity index (χ0n) is 11.8. The lowest BCUT2D eigenvalue weighted by Gasteiger charge is -2.30. The third-order valence-electron chi connectivity index (χ3n) is 2.92. The summed E-state index contributed by atoms with van der Waals surface area (Å²) in [7, 11) is 3.13. The van der Waals surface area contributed by atoms with Crippen molar-refractivity contribution >= 4 is 40.3 Å². The number of thioether (sulfide) groups is 1. The highest BCUT2D eigenvalue weighted by Gasteiger charge is 2.28. The van der Waals surface area contributed by atoms with Crippen LogP contribution in [0, 0.1) is 0 Å². The standard InChI is InChI=1S/C12H24INO3S/c1-12(2,17-4)10(13)8-14-9(6-7-18-5)11(15)16-3/h9-10,14H,6-8H2,1-5H3/t9-,10?/m0/s1. The number of hydrogen-bond donors (Lipinski definition) is 1. The van der Waals surface area contributed by atoms with Gasteiger partial charge >= 0.3 is 5.97 Å². The van der Waals surface area contributed by atoms with Gasteiger partial charge in [0.2, 0.25) is 0 Å². The van der Waals surface area contributed by atoms with Gasteiger partial charge in [-0.3, -0.25) is 4.79 Å². The quantitative estimate of drug-likeness (QED) is 0.372. The molecule has 0 radical (unpaired) electrons. The van der Waals surface area contributed by atoms with Gasteiger partial charge in [0.15, 0.2) is 0 Å². The van der Waals surface area contributed by atoms with Crippen LogP contribution < -0.4 is 5.32 Å². The van der Waals surface area contributed by atoms with Gasteiger partial charge in [-0.25, -0.2) is 0 Å². The highest BCUT2D eigenvalue weighted by Crippen LogP contribution is 2.21. The molecule has 0 aromatic rings. The highest BCUT2D eigenvalue weighted by atomic mass is 127. The fourth-order valence-corrected chi connectivity index (χ4v) is 2.28. The second kappa shape index (κ2) is 9.39. The van der Waals surface area contributed by atoms with E-state index < -0.39 is 0 Å². The minimum absolute atomic E-state index is 0.192. The molecule has 0 rings (SSSR count). The van der Waals surface area contributed by atoms with Gasteiger partial charge in [0, 0.05) is 13.7 Å². The molecule has 0 aromatic carbocycles. The van der Waals surface area contributed by atoms with E-state index in [2.05, 4.69) is 27.9 Å². The summed E-state index contributed by atoms with van der Waals surface area (Å²) in [4.78, 5) is 11.6. The van der Waals surface area contributed by atoms with Crippen molar-refractivity contribution in [2.24, 2.45) is 0 Å². The van der Waals surface area contributed by atoms with Crippen molar-refractivity contribution in [2.45, 2.75) is 35.8 Å². The number of alkyl halides is 1. The van der Waals surface area contributed by atoms with Crippen molar-refractivity contribution in [3.63, 3.8) is 0 Å². The third-order valence-corrected chi connectivity index (χ3v) is 5.50. The SMILES string of the molecule is COC(=O)[C@H](CCSC)NCC(I)C(C)(C)OC. The van der Waals surface area contributed by atoms with Gasteiger partial charge in [0.1, 0.15) is 6.04 Å². The lowest BCUT2D eigenvalue weighted by Crippen LogP contribution is -2.46. The van der Waals surface area contributed by atoms with E-state index in [1.807, 2.05) is 20.1 Å². The number of esters is 1. The maximum absolute atomic E-state index is 11.6. The van der Waals surface area contributed by atoms with Crippen LogP contribution in [0.15, 0.2) is 0 Å². The Morgan fingerprint density at radius 1 is 1.44 bits per heavy atom. The summed E-state index contributed by atoms with van der Waals surface area (Å²) in [6, 6.07) is -0.229. The zero-order chi connectivity index (χ0) is 14.2. The summed E-state index contributed by atoms with van der Waals surface area (Å²) < 4.78 is 10.5. The molecule has 0 heterocycles. The minimum atomic E-state index is -0.229. The molecule has 0 fully saturated rings. The molecular formula is C12H24INO3S. The average Bonchev–Trinajstić information content (AvgIpc) is 2.37. The van der Waals surface area contributed by atoms with Crippen molar-refractivity contribution in [3.8, 4) is 0 Å². The normalized spacial score (nSPS) is 15.2. The van der Waals surface area contributed by atoms with E-state index in [0.29, 0.717) is 0 Å². The van der Waals surface area contributed by atoms with Crippen molar-refractivity contribution in [3.05, 3.63) is 0 Å². The van der Waals surface area contributed by atoms with Gasteiger partial charge in [-0.1, -0.05) is 22.6 Å². The van der Waals surface area contributed by atoms with Crippen LogP contribution in [-0.2, 0) is 14.3 Å². The monoisotopic (exact) mass is 389 g/mol. The molecule has 0 bridgehead atoms. The number of carbonyl (C=O) groups excluding carboxylic acids is 1. The van der Waals surface area contributed by atoms with Gasteiger partial charge in [-0.2, -0.15) is 11.8 Å². The topological polar surface area (TPSA) is 47.6 Å². The summed E-state index contributed by atoms with van der Waals surface area (Å²) in [5, 5.41) is 3.27. The third kappa shape index (κ3) is 6.58. The van der Waals surface area contributed by atoms with Gasteiger partial charge in [0.05, 0.1) is 16.6 Å². The number of methoxy groups -OCH3 is 2. The summed E-state index contributed by atoms with van der Waals surface area (Å²) >= 11 is 4.07. The molecule has 1 unspecified atom stereocenters. The van der Waals surface area contributed by atoms with E-state index in [4.69, 9.17) is 9.47 Å². The second-order valence-electron chi connectivity index (χ2n) is 4.54. The van der Waals surface area contributed by atoms with Crippen LogP contribution in [0.1, 0.15) is 20.3 Å². The van der Waals surface area contributed by atoms with Crippen LogP contribution in [0.3, 0.4) is 0 Å². The number of hydrogen-bond acceptors (Lipinski definition) is 5.